The lowest BCUT2D eigenvalue weighted by molar-refractivity contribution is 0.0527. The molecule has 26 heavy (non-hydrogen) atoms. The number of esters is 1. The van der Waals surface area contributed by atoms with Crippen LogP contribution in [0.15, 0.2) is 36.0 Å². The standard InChI is InChI=1S/C21H26N2O3/c1-3-26-21(24)17-14-23-20-16(10-7-11-18(20)25-2)19(17)22-13-12-15-8-5-4-6-9-15/h7-8,10-11,14H,3-6,9,12-13H2,1-2H3,(H,22,23). The van der Waals surface area contributed by atoms with Gasteiger partial charge < -0.3 is 14.8 Å². The van der Waals surface area contributed by atoms with Crippen molar-refractivity contribution in [1.82, 2.24) is 4.98 Å². The third-order valence-electron chi connectivity index (χ3n) is 4.71. The van der Waals surface area contributed by atoms with E-state index < -0.39 is 0 Å². The van der Waals surface area contributed by atoms with Crippen LogP contribution in [0, 0.1) is 0 Å². The molecule has 2 aromatic rings. The summed E-state index contributed by atoms with van der Waals surface area (Å²) in [5, 5.41) is 4.33. The molecule has 3 rings (SSSR count). The van der Waals surface area contributed by atoms with E-state index in [1.54, 1.807) is 20.2 Å². The maximum absolute atomic E-state index is 12.4. The van der Waals surface area contributed by atoms with E-state index in [4.69, 9.17) is 9.47 Å². The predicted octanol–water partition coefficient (Wildman–Crippen LogP) is 4.72. The number of methoxy groups -OCH3 is 1. The molecule has 0 spiro atoms. The fraction of sp³-hybridized carbons (Fsp3) is 0.429. The van der Waals surface area contributed by atoms with Crippen LogP contribution in [-0.2, 0) is 4.74 Å². The summed E-state index contributed by atoms with van der Waals surface area (Å²) < 4.78 is 10.6. The smallest absolute Gasteiger partial charge is 0.341 e. The summed E-state index contributed by atoms with van der Waals surface area (Å²) >= 11 is 0. The number of benzene rings is 1. The van der Waals surface area contributed by atoms with Crippen LogP contribution in [0.1, 0.15) is 49.4 Å². The molecule has 1 aromatic heterocycles. The molecule has 5 nitrogen and oxygen atoms in total. The third-order valence-corrected chi connectivity index (χ3v) is 4.71. The van der Waals surface area contributed by atoms with Crippen LogP contribution < -0.4 is 10.1 Å². The molecular formula is C21H26N2O3. The first-order valence-corrected chi connectivity index (χ1v) is 9.29. The highest BCUT2D eigenvalue weighted by Gasteiger charge is 2.18. The number of hydrogen-bond donors (Lipinski definition) is 1. The van der Waals surface area contributed by atoms with E-state index in [0.29, 0.717) is 17.9 Å². The van der Waals surface area contributed by atoms with Gasteiger partial charge in [-0.1, -0.05) is 23.8 Å². The summed E-state index contributed by atoms with van der Waals surface area (Å²) in [4.78, 5) is 16.8. The van der Waals surface area contributed by atoms with Crippen molar-refractivity contribution in [2.24, 2.45) is 0 Å². The van der Waals surface area contributed by atoms with Gasteiger partial charge >= 0.3 is 5.97 Å². The average molecular weight is 354 g/mol. The number of carbonyl (C=O) groups is 1. The van der Waals surface area contributed by atoms with Crippen molar-refractivity contribution < 1.29 is 14.3 Å². The van der Waals surface area contributed by atoms with E-state index in [-0.39, 0.29) is 5.97 Å². The summed E-state index contributed by atoms with van der Waals surface area (Å²) in [5.74, 6) is 0.333. The molecule has 0 fully saturated rings. The molecule has 1 heterocycles. The Bertz CT molecular complexity index is 814. The zero-order valence-corrected chi connectivity index (χ0v) is 15.5. The van der Waals surface area contributed by atoms with Crippen LogP contribution in [0.25, 0.3) is 10.9 Å². The Hall–Kier alpha value is -2.56. The Labute approximate surface area is 154 Å². The molecule has 138 valence electrons. The molecule has 0 aliphatic heterocycles. The molecule has 0 radical (unpaired) electrons. The molecule has 1 aromatic carbocycles. The van der Waals surface area contributed by atoms with Gasteiger partial charge in [0.15, 0.2) is 0 Å². The zero-order valence-electron chi connectivity index (χ0n) is 15.5. The molecule has 5 heteroatoms. The van der Waals surface area contributed by atoms with Gasteiger partial charge in [0.05, 0.1) is 19.4 Å². The lowest BCUT2D eigenvalue weighted by atomic mass is 9.97. The molecule has 0 amide bonds. The largest absolute Gasteiger partial charge is 0.494 e. The van der Waals surface area contributed by atoms with Crippen LogP contribution in [0.5, 0.6) is 5.75 Å². The number of ether oxygens (including phenoxy) is 2. The number of allylic oxidation sites excluding steroid dienone is 1. The Morgan fingerprint density at radius 1 is 1.31 bits per heavy atom. The fourth-order valence-electron chi connectivity index (χ4n) is 3.39. The van der Waals surface area contributed by atoms with E-state index in [9.17, 15) is 4.79 Å². The second kappa shape index (κ2) is 8.70. The van der Waals surface area contributed by atoms with Crippen LogP contribution >= 0.6 is 0 Å². The highest BCUT2D eigenvalue weighted by molar-refractivity contribution is 6.06. The van der Waals surface area contributed by atoms with Crippen molar-refractivity contribution in [3.63, 3.8) is 0 Å². The first-order chi connectivity index (χ1) is 12.7. The number of nitrogens with zero attached hydrogens (tertiary/aromatic N) is 1. The van der Waals surface area contributed by atoms with Gasteiger partial charge in [0.2, 0.25) is 0 Å². The number of aromatic nitrogens is 1. The second-order valence-corrected chi connectivity index (χ2v) is 6.41. The predicted molar refractivity (Wildman–Crippen MR) is 104 cm³/mol. The lowest BCUT2D eigenvalue weighted by Crippen LogP contribution is -2.12. The Morgan fingerprint density at radius 3 is 2.92 bits per heavy atom. The average Bonchev–Trinajstić information content (AvgIpc) is 2.68. The Morgan fingerprint density at radius 2 is 2.19 bits per heavy atom. The van der Waals surface area contributed by atoms with Crippen molar-refractivity contribution in [1.29, 1.82) is 0 Å². The minimum absolute atomic E-state index is 0.335. The number of anilines is 1. The summed E-state index contributed by atoms with van der Waals surface area (Å²) in [5.41, 5.74) is 3.47. The number of fused-ring (bicyclic) bond motifs is 1. The molecular weight excluding hydrogens is 328 g/mol. The summed E-state index contributed by atoms with van der Waals surface area (Å²) in [7, 11) is 1.62. The SMILES string of the molecule is CCOC(=O)c1cnc2c(OC)cccc2c1NCCC1=CCCCC1. The summed E-state index contributed by atoms with van der Waals surface area (Å²) in [6.45, 7) is 2.91. The van der Waals surface area contributed by atoms with Crippen molar-refractivity contribution in [3.05, 3.63) is 41.6 Å². The van der Waals surface area contributed by atoms with Gasteiger partial charge in [-0.05, 0) is 45.1 Å². The van der Waals surface area contributed by atoms with Crippen LogP contribution in [0.4, 0.5) is 5.69 Å². The monoisotopic (exact) mass is 354 g/mol. The van der Waals surface area contributed by atoms with Crippen LogP contribution in [0.3, 0.4) is 0 Å². The van der Waals surface area contributed by atoms with Gasteiger partial charge in [0.25, 0.3) is 0 Å². The van der Waals surface area contributed by atoms with Gasteiger partial charge in [-0.2, -0.15) is 0 Å². The van der Waals surface area contributed by atoms with Crippen molar-refractivity contribution >= 4 is 22.6 Å². The first kappa shape index (κ1) is 18.2. The number of nitrogens with one attached hydrogen (secondary N) is 1. The van der Waals surface area contributed by atoms with Gasteiger partial charge in [0, 0.05) is 18.1 Å². The van der Waals surface area contributed by atoms with E-state index in [0.717, 1.165) is 29.6 Å². The summed E-state index contributed by atoms with van der Waals surface area (Å²) in [6, 6.07) is 5.73. The van der Waals surface area contributed by atoms with Crippen LogP contribution in [0.2, 0.25) is 0 Å². The van der Waals surface area contributed by atoms with E-state index in [2.05, 4.69) is 16.4 Å². The quantitative estimate of drug-likeness (QED) is 0.576. The first-order valence-electron chi connectivity index (χ1n) is 9.29. The third kappa shape index (κ3) is 3.98. The van der Waals surface area contributed by atoms with Gasteiger partial charge in [-0.3, -0.25) is 4.98 Å². The highest BCUT2D eigenvalue weighted by Crippen LogP contribution is 2.32. The van der Waals surface area contributed by atoms with Gasteiger partial charge in [-0.15, -0.1) is 0 Å². The Kier molecular flexibility index (Phi) is 6.10. The number of rotatable bonds is 7. The molecule has 0 unspecified atom stereocenters. The Balaban J connectivity index is 1.91. The van der Waals surface area contributed by atoms with Crippen molar-refractivity contribution in [2.45, 2.75) is 39.0 Å². The van der Waals surface area contributed by atoms with E-state index in [1.807, 2.05) is 18.2 Å². The minimum atomic E-state index is -0.357. The molecule has 0 bridgehead atoms. The van der Waals surface area contributed by atoms with E-state index in [1.165, 1.54) is 31.3 Å². The van der Waals surface area contributed by atoms with Crippen LogP contribution in [-0.4, -0.2) is 31.2 Å². The maximum Gasteiger partial charge on any atom is 0.341 e. The second-order valence-electron chi connectivity index (χ2n) is 6.41. The maximum atomic E-state index is 12.4. The number of pyridine rings is 1. The number of para-hydroxylation sites is 1. The fourth-order valence-corrected chi connectivity index (χ4v) is 3.39. The summed E-state index contributed by atoms with van der Waals surface area (Å²) in [6.07, 6.45) is 9.83. The molecule has 1 aliphatic carbocycles. The molecule has 1 aliphatic rings. The van der Waals surface area contributed by atoms with Gasteiger partial charge in [-0.25, -0.2) is 4.79 Å². The normalized spacial score (nSPS) is 14.0. The minimum Gasteiger partial charge on any atom is -0.494 e. The van der Waals surface area contributed by atoms with Gasteiger partial charge in [0.1, 0.15) is 16.8 Å². The van der Waals surface area contributed by atoms with E-state index >= 15 is 0 Å². The topological polar surface area (TPSA) is 60.5 Å². The molecule has 0 saturated carbocycles. The lowest BCUT2D eigenvalue weighted by Gasteiger charge is -2.17. The van der Waals surface area contributed by atoms with Crippen molar-refractivity contribution in [3.8, 4) is 5.75 Å². The van der Waals surface area contributed by atoms with Crippen molar-refractivity contribution in [2.75, 3.05) is 25.6 Å². The number of carbonyl (C=O) groups excluding carboxylic acids is 1. The molecule has 1 N–H and O–H groups in total. The zero-order chi connectivity index (χ0) is 18.4. The molecule has 0 saturated heterocycles. The highest BCUT2D eigenvalue weighted by atomic mass is 16.5. The molecule has 0 atom stereocenters. The number of hydrogen-bond acceptors (Lipinski definition) is 5.